The van der Waals surface area contributed by atoms with Gasteiger partial charge in [0.05, 0.1) is 5.52 Å². The van der Waals surface area contributed by atoms with Gasteiger partial charge in [-0.05, 0) is 53.2 Å². The molecule has 0 fully saturated rings. The number of nitrogens with one attached hydrogen (secondary N) is 1. The van der Waals surface area contributed by atoms with Crippen LogP contribution < -0.4 is 5.56 Å². The number of H-pyrrole nitrogens is 1. The van der Waals surface area contributed by atoms with Gasteiger partial charge in [-0.15, -0.1) is 0 Å². The lowest BCUT2D eigenvalue weighted by atomic mass is 10.1. The fraction of sp³-hybridized carbons (Fsp3) is 0. The molecule has 0 spiro atoms. The standard InChI is InChI=1S/C13H7BrClN.C13H8BrNO/c14-8-5-6-12-11(7-8)9-3-1-2-4-10(9)13(15)16-12;14-8-5-6-12-11(7-8)9-3-1-2-4-10(9)13(16)15-12/h1-7H;1-7H,(H,15,16). The van der Waals surface area contributed by atoms with Crippen LogP contribution in [-0.4, -0.2) is 9.97 Å². The van der Waals surface area contributed by atoms with E-state index >= 15 is 0 Å². The molecule has 4 aromatic carbocycles. The molecule has 6 aromatic rings. The first kappa shape index (κ1) is 21.1. The van der Waals surface area contributed by atoms with Gasteiger partial charge in [0, 0.05) is 36.0 Å². The normalized spacial score (nSPS) is 11.1. The molecule has 0 aliphatic heterocycles. The van der Waals surface area contributed by atoms with Crippen molar-refractivity contribution in [3.63, 3.8) is 0 Å². The van der Waals surface area contributed by atoms with Crippen LogP contribution >= 0.6 is 43.5 Å². The molecule has 0 saturated carbocycles. The predicted molar refractivity (Wildman–Crippen MR) is 142 cm³/mol. The highest BCUT2D eigenvalue weighted by Gasteiger charge is 2.06. The minimum Gasteiger partial charge on any atom is -0.321 e. The van der Waals surface area contributed by atoms with E-state index in [-0.39, 0.29) is 5.56 Å². The molecule has 0 unspecified atom stereocenters. The molecule has 0 aliphatic rings. The molecule has 2 heterocycles. The number of rotatable bonds is 0. The third kappa shape index (κ3) is 3.92. The van der Waals surface area contributed by atoms with Crippen molar-refractivity contribution < 1.29 is 0 Å². The van der Waals surface area contributed by atoms with Crippen LogP contribution in [0.25, 0.3) is 43.4 Å². The van der Waals surface area contributed by atoms with Crippen LogP contribution in [0.1, 0.15) is 0 Å². The van der Waals surface area contributed by atoms with Crippen LogP contribution in [0.2, 0.25) is 5.15 Å². The van der Waals surface area contributed by atoms with Crippen LogP contribution in [0.5, 0.6) is 0 Å². The lowest BCUT2D eigenvalue weighted by Gasteiger charge is -2.05. The van der Waals surface area contributed by atoms with Crippen molar-refractivity contribution in [3.8, 4) is 0 Å². The van der Waals surface area contributed by atoms with Gasteiger partial charge in [0.2, 0.25) is 0 Å². The summed E-state index contributed by atoms with van der Waals surface area (Å²) in [7, 11) is 0. The molecule has 0 saturated heterocycles. The van der Waals surface area contributed by atoms with Gasteiger partial charge in [-0.1, -0.05) is 85.9 Å². The summed E-state index contributed by atoms with van der Waals surface area (Å²) >= 11 is 13.1. The van der Waals surface area contributed by atoms with E-state index in [1.54, 1.807) is 0 Å². The summed E-state index contributed by atoms with van der Waals surface area (Å²) < 4.78 is 2.06. The zero-order valence-corrected chi connectivity index (χ0v) is 20.5. The van der Waals surface area contributed by atoms with Crippen LogP contribution in [0, 0.1) is 0 Å². The average Bonchev–Trinajstić information content (AvgIpc) is 2.81. The molecule has 0 bridgehead atoms. The molecule has 3 nitrogen and oxygen atoms in total. The first-order chi connectivity index (χ1) is 15.5. The number of aromatic nitrogens is 2. The van der Waals surface area contributed by atoms with E-state index in [0.29, 0.717) is 5.15 Å². The van der Waals surface area contributed by atoms with E-state index in [1.807, 2.05) is 72.8 Å². The number of benzene rings is 4. The fourth-order valence-corrected chi connectivity index (χ4v) is 4.82. The second kappa shape index (κ2) is 8.66. The minimum atomic E-state index is -0.0366. The molecule has 6 heteroatoms. The van der Waals surface area contributed by atoms with Gasteiger partial charge in [-0.3, -0.25) is 4.79 Å². The van der Waals surface area contributed by atoms with Crippen LogP contribution in [-0.2, 0) is 0 Å². The highest BCUT2D eigenvalue weighted by atomic mass is 79.9. The molecule has 0 aliphatic carbocycles. The molecule has 32 heavy (non-hydrogen) atoms. The summed E-state index contributed by atoms with van der Waals surface area (Å²) in [5, 5.41) is 6.59. The molecule has 0 amide bonds. The van der Waals surface area contributed by atoms with Crippen molar-refractivity contribution in [2.45, 2.75) is 0 Å². The zero-order valence-electron chi connectivity index (χ0n) is 16.6. The van der Waals surface area contributed by atoms with Gasteiger partial charge in [0.15, 0.2) is 0 Å². The van der Waals surface area contributed by atoms with E-state index in [2.05, 4.69) is 54.0 Å². The van der Waals surface area contributed by atoms with Crippen molar-refractivity contribution in [2.24, 2.45) is 0 Å². The maximum Gasteiger partial charge on any atom is 0.256 e. The SMILES string of the molecule is Clc1nc2ccc(Br)cc2c2ccccc12.O=c1[nH]c2ccc(Br)cc2c2ccccc12. The Hall–Kier alpha value is -2.73. The number of fused-ring (bicyclic) bond motifs is 6. The second-order valence-electron chi connectivity index (χ2n) is 7.30. The summed E-state index contributed by atoms with van der Waals surface area (Å²) in [4.78, 5) is 19.1. The molecule has 2 aromatic heterocycles. The van der Waals surface area contributed by atoms with E-state index in [9.17, 15) is 4.79 Å². The van der Waals surface area contributed by atoms with Crippen molar-refractivity contribution in [1.29, 1.82) is 0 Å². The molecule has 1 N–H and O–H groups in total. The Bertz CT molecular complexity index is 1700. The summed E-state index contributed by atoms with van der Waals surface area (Å²) in [5.74, 6) is 0. The van der Waals surface area contributed by atoms with Crippen molar-refractivity contribution >= 4 is 86.8 Å². The maximum atomic E-state index is 11.8. The maximum absolute atomic E-state index is 11.8. The summed E-state index contributed by atoms with van der Waals surface area (Å²) in [6, 6.07) is 27.5. The molecular formula is C26H15Br2ClN2O. The topological polar surface area (TPSA) is 45.8 Å². The van der Waals surface area contributed by atoms with Crippen LogP contribution in [0.4, 0.5) is 0 Å². The second-order valence-corrected chi connectivity index (χ2v) is 9.49. The first-order valence-corrected chi connectivity index (χ1v) is 11.8. The third-order valence-corrected chi connectivity index (χ3v) is 6.58. The Balaban J connectivity index is 0.000000135. The van der Waals surface area contributed by atoms with Crippen LogP contribution in [0.3, 0.4) is 0 Å². The minimum absolute atomic E-state index is 0.0366. The first-order valence-electron chi connectivity index (χ1n) is 9.85. The molecule has 0 radical (unpaired) electrons. The van der Waals surface area contributed by atoms with Gasteiger partial charge in [-0.2, -0.15) is 0 Å². The number of aromatic amines is 1. The van der Waals surface area contributed by atoms with Crippen molar-refractivity contribution in [3.05, 3.63) is 109 Å². The number of hydrogen-bond donors (Lipinski definition) is 1. The largest absolute Gasteiger partial charge is 0.321 e. The third-order valence-electron chi connectivity index (χ3n) is 5.31. The molecule has 156 valence electrons. The van der Waals surface area contributed by atoms with Gasteiger partial charge in [0.25, 0.3) is 5.56 Å². The molecule has 0 atom stereocenters. The molecular weight excluding hydrogens is 552 g/mol. The Labute approximate surface area is 205 Å². The summed E-state index contributed by atoms with van der Waals surface area (Å²) in [6.45, 7) is 0. The number of pyridine rings is 2. The van der Waals surface area contributed by atoms with E-state index in [0.717, 1.165) is 52.3 Å². The lowest BCUT2D eigenvalue weighted by molar-refractivity contribution is 1.34. The van der Waals surface area contributed by atoms with E-state index < -0.39 is 0 Å². The summed E-state index contributed by atoms with van der Waals surface area (Å²) in [5.41, 5.74) is 1.75. The number of halogens is 3. The van der Waals surface area contributed by atoms with E-state index in [1.165, 1.54) is 0 Å². The average molecular weight is 567 g/mol. The van der Waals surface area contributed by atoms with Crippen molar-refractivity contribution in [1.82, 2.24) is 9.97 Å². The van der Waals surface area contributed by atoms with Gasteiger partial charge >= 0.3 is 0 Å². The monoisotopic (exact) mass is 564 g/mol. The molecule has 6 rings (SSSR count). The highest BCUT2D eigenvalue weighted by molar-refractivity contribution is 9.10. The summed E-state index contributed by atoms with van der Waals surface area (Å²) in [6.07, 6.45) is 0. The fourth-order valence-electron chi connectivity index (χ4n) is 3.84. The zero-order chi connectivity index (χ0) is 22.2. The van der Waals surface area contributed by atoms with Gasteiger partial charge in [0.1, 0.15) is 5.15 Å². The van der Waals surface area contributed by atoms with Crippen LogP contribution in [0.15, 0.2) is 98.7 Å². The Morgan fingerprint density at radius 2 is 1.22 bits per heavy atom. The smallest absolute Gasteiger partial charge is 0.256 e. The highest BCUT2D eigenvalue weighted by Crippen LogP contribution is 2.30. The van der Waals surface area contributed by atoms with Gasteiger partial charge in [-0.25, -0.2) is 4.98 Å². The van der Waals surface area contributed by atoms with E-state index in [4.69, 9.17) is 11.6 Å². The lowest BCUT2D eigenvalue weighted by Crippen LogP contribution is -2.05. The number of nitrogens with zero attached hydrogens (tertiary/aromatic N) is 1. The predicted octanol–water partition coefficient (Wildman–Crippen LogP) is 8.25. The van der Waals surface area contributed by atoms with Gasteiger partial charge < -0.3 is 4.98 Å². The quantitative estimate of drug-likeness (QED) is 0.149. The Morgan fingerprint density at radius 1 is 0.656 bits per heavy atom. The Kier molecular flexibility index (Phi) is 5.72. The van der Waals surface area contributed by atoms with Crippen molar-refractivity contribution in [2.75, 3.05) is 0 Å². The number of hydrogen-bond acceptors (Lipinski definition) is 2. The Morgan fingerprint density at radius 3 is 1.94 bits per heavy atom.